The maximum absolute atomic E-state index is 12.4. The Balaban J connectivity index is 1.74. The molecule has 0 heterocycles. The highest BCUT2D eigenvalue weighted by molar-refractivity contribution is 6.42. The molecule has 0 aliphatic carbocycles. The van der Waals surface area contributed by atoms with Gasteiger partial charge >= 0.3 is 0 Å². The predicted octanol–water partition coefficient (Wildman–Crippen LogP) is 6.35. The molecule has 0 amide bonds. The van der Waals surface area contributed by atoms with E-state index in [9.17, 15) is 4.79 Å². The maximum Gasteiger partial charge on any atom is 0.185 e. The maximum atomic E-state index is 12.4. The van der Waals surface area contributed by atoms with Gasteiger partial charge in [0.2, 0.25) is 0 Å². The molecule has 0 aromatic heterocycles. The van der Waals surface area contributed by atoms with E-state index in [4.69, 9.17) is 37.9 Å². The van der Waals surface area contributed by atoms with Crippen molar-refractivity contribution in [1.29, 1.82) is 5.26 Å². The molecule has 150 valence electrons. The molecular formula is C24H17Cl2NO3. The van der Waals surface area contributed by atoms with E-state index in [1.165, 1.54) is 6.08 Å². The summed E-state index contributed by atoms with van der Waals surface area (Å²) < 4.78 is 11.2. The lowest BCUT2D eigenvalue weighted by Crippen LogP contribution is -1.99. The summed E-state index contributed by atoms with van der Waals surface area (Å²) in [6.07, 6.45) is 3.20. The van der Waals surface area contributed by atoms with Gasteiger partial charge in [-0.3, -0.25) is 4.79 Å². The fourth-order valence-electron chi connectivity index (χ4n) is 2.72. The summed E-state index contributed by atoms with van der Waals surface area (Å²) in [6, 6.07) is 19.3. The van der Waals surface area contributed by atoms with E-state index in [-0.39, 0.29) is 12.4 Å². The first-order chi connectivity index (χ1) is 14.5. The highest BCUT2D eigenvalue weighted by atomic mass is 35.5. The van der Waals surface area contributed by atoms with Crippen LogP contribution in [0, 0.1) is 11.3 Å². The minimum absolute atomic E-state index is 0.181. The van der Waals surface area contributed by atoms with Crippen LogP contribution in [-0.4, -0.2) is 12.9 Å². The number of rotatable bonds is 7. The van der Waals surface area contributed by atoms with Crippen LogP contribution in [0.5, 0.6) is 11.5 Å². The molecular weight excluding hydrogens is 421 g/mol. The van der Waals surface area contributed by atoms with Crippen molar-refractivity contribution in [2.75, 3.05) is 7.11 Å². The summed E-state index contributed by atoms with van der Waals surface area (Å²) >= 11 is 11.9. The standard InChI is InChI=1S/C24H17Cl2NO3/c1-29-24-11-5-16(4-10-23(28)18-6-9-21(25)22(26)13-18)12-19(24)15-30-20-7-2-17(14-27)3-8-20/h2-13H,15H2,1H3/b10-4+. The molecule has 0 unspecified atom stereocenters. The number of carbonyl (C=O) groups is 1. The van der Waals surface area contributed by atoms with Crippen LogP contribution in [0.4, 0.5) is 0 Å². The molecule has 3 rings (SSSR count). The van der Waals surface area contributed by atoms with E-state index >= 15 is 0 Å². The molecule has 30 heavy (non-hydrogen) atoms. The number of carbonyl (C=O) groups excluding carboxylic acids is 1. The molecule has 0 N–H and O–H groups in total. The monoisotopic (exact) mass is 437 g/mol. The summed E-state index contributed by atoms with van der Waals surface area (Å²) in [7, 11) is 1.59. The number of methoxy groups -OCH3 is 1. The molecule has 3 aromatic carbocycles. The number of ether oxygens (including phenoxy) is 2. The Kier molecular flexibility index (Phi) is 7.13. The second kappa shape index (κ2) is 9.98. The van der Waals surface area contributed by atoms with Crippen molar-refractivity contribution < 1.29 is 14.3 Å². The highest BCUT2D eigenvalue weighted by Crippen LogP contribution is 2.25. The lowest BCUT2D eigenvalue weighted by molar-refractivity contribution is 0.104. The van der Waals surface area contributed by atoms with Crippen LogP contribution in [0.1, 0.15) is 27.0 Å². The van der Waals surface area contributed by atoms with Crippen molar-refractivity contribution in [2.45, 2.75) is 6.61 Å². The number of ketones is 1. The van der Waals surface area contributed by atoms with E-state index in [2.05, 4.69) is 6.07 Å². The lowest BCUT2D eigenvalue weighted by Gasteiger charge is -2.11. The summed E-state index contributed by atoms with van der Waals surface area (Å²) in [5.74, 6) is 1.14. The fraction of sp³-hybridized carbons (Fsp3) is 0.0833. The van der Waals surface area contributed by atoms with Crippen LogP contribution in [0.25, 0.3) is 6.08 Å². The summed E-state index contributed by atoms with van der Waals surface area (Å²) in [5.41, 5.74) is 2.67. The predicted molar refractivity (Wildman–Crippen MR) is 118 cm³/mol. The molecule has 0 aliphatic rings. The molecule has 4 nitrogen and oxygen atoms in total. The number of nitrogens with zero attached hydrogens (tertiary/aromatic N) is 1. The van der Waals surface area contributed by atoms with Crippen LogP contribution in [0.2, 0.25) is 10.0 Å². The topological polar surface area (TPSA) is 59.3 Å². The van der Waals surface area contributed by atoms with Gasteiger partial charge in [-0.1, -0.05) is 35.3 Å². The van der Waals surface area contributed by atoms with Gasteiger partial charge in [0.1, 0.15) is 18.1 Å². The highest BCUT2D eigenvalue weighted by Gasteiger charge is 2.07. The van der Waals surface area contributed by atoms with Gasteiger partial charge in [-0.25, -0.2) is 0 Å². The molecule has 0 saturated carbocycles. The van der Waals surface area contributed by atoms with Gasteiger partial charge in [-0.05, 0) is 66.2 Å². The van der Waals surface area contributed by atoms with E-state index < -0.39 is 0 Å². The van der Waals surface area contributed by atoms with Crippen LogP contribution in [0.15, 0.2) is 66.7 Å². The first-order valence-electron chi connectivity index (χ1n) is 8.97. The van der Waals surface area contributed by atoms with Crippen molar-refractivity contribution in [3.63, 3.8) is 0 Å². The summed E-state index contributed by atoms with van der Waals surface area (Å²) in [6.45, 7) is 0.275. The van der Waals surface area contributed by atoms with Gasteiger partial charge in [-0.2, -0.15) is 5.26 Å². The van der Waals surface area contributed by atoms with Gasteiger partial charge in [-0.15, -0.1) is 0 Å². The zero-order valence-corrected chi connectivity index (χ0v) is 17.6. The number of hydrogen-bond acceptors (Lipinski definition) is 4. The van der Waals surface area contributed by atoms with Crippen LogP contribution in [0.3, 0.4) is 0 Å². The van der Waals surface area contributed by atoms with Crippen molar-refractivity contribution in [3.8, 4) is 17.6 Å². The Hall–Kier alpha value is -3.26. The van der Waals surface area contributed by atoms with E-state index in [1.807, 2.05) is 18.2 Å². The number of benzene rings is 3. The van der Waals surface area contributed by atoms with Gasteiger partial charge in [0, 0.05) is 11.1 Å². The lowest BCUT2D eigenvalue weighted by atomic mass is 10.1. The average molecular weight is 438 g/mol. The van der Waals surface area contributed by atoms with Crippen molar-refractivity contribution in [2.24, 2.45) is 0 Å². The molecule has 0 saturated heterocycles. The summed E-state index contributed by atoms with van der Waals surface area (Å²) in [4.78, 5) is 12.4. The third-order valence-electron chi connectivity index (χ3n) is 4.31. The van der Waals surface area contributed by atoms with E-state index in [1.54, 1.807) is 55.7 Å². The number of hydrogen-bond donors (Lipinski definition) is 0. The van der Waals surface area contributed by atoms with Gasteiger partial charge < -0.3 is 9.47 Å². The molecule has 0 fully saturated rings. The van der Waals surface area contributed by atoms with E-state index in [0.29, 0.717) is 32.7 Å². The molecule has 0 atom stereocenters. The van der Waals surface area contributed by atoms with Gasteiger partial charge in [0.25, 0.3) is 0 Å². The van der Waals surface area contributed by atoms with Crippen molar-refractivity contribution >= 4 is 35.1 Å². The molecule has 0 bridgehead atoms. The van der Waals surface area contributed by atoms with Gasteiger partial charge in [0.05, 0.1) is 28.8 Å². The third kappa shape index (κ3) is 5.42. The smallest absolute Gasteiger partial charge is 0.185 e. The normalized spacial score (nSPS) is 10.6. The van der Waals surface area contributed by atoms with Gasteiger partial charge in [0.15, 0.2) is 5.78 Å². The molecule has 0 radical (unpaired) electrons. The largest absolute Gasteiger partial charge is 0.496 e. The molecule has 0 spiro atoms. The average Bonchev–Trinajstić information content (AvgIpc) is 2.78. The van der Waals surface area contributed by atoms with E-state index in [0.717, 1.165) is 11.1 Å². The van der Waals surface area contributed by atoms with Crippen molar-refractivity contribution in [1.82, 2.24) is 0 Å². The Morgan fingerprint density at radius 1 is 1.03 bits per heavy atom. The van der Waals surface area contributed by atoms with Crippen LogP contribution >= 0.6 is 23.2 Å². The fourth-order valence-corrected chi connectivity index (χ4v) is 3.02. The first kappa shape index (κ1) is 21.4. The second-order valence-electron chi connectivity index (χ2n) is 6.32. The second-order valence-corrected chi connectivity index (χ2v) is 7.14. The SMILES string of the molecule is COc1ccc(/C=C/C(=O)c2ccc(Cl)c(Cl)c2)cc1COc1ccc(C#N)cc1. The Morgan fingerprint density at radius 2 is 1.80 bits per heavy atom. The Bertz CT molecular complexity index is 1130. The zero-order valence-electron chi connectivity index (χ0n) is 16.1. The quantitative estimate of drug-likeness (QED) is 0.319. The van der Waals surface area contributed by atoms with Crippen LogP contribution in [-0.2, 0) is 6.61 Å². The Labute approximate surface area is 184 Å². The zero-order chi connectivity index (χ0) is 21.5. The number of allylic oxidation sites excluding steroid dienone is 1. The minimum atomic E-state index is -0.181. The number of nitriles is 1. The van der Waals surface area contributed by atoms with Crippen molar-refractivity contribution in [3.05, 3.63) is 99.0 Å². The first-order valence-corrected chi connectivity index (χ1v) is 9.73. The molecule has 3 aromatic rings. The van der Waals surface area contributed by atoms with Crippen LogP contribution < -0.4 is 9.47 Å². The number of halogens is 2. The summed E-state index contributed by atoms with van der Waals surface area (Å²) in [5, 5.41) is 9.61. The molecule has 0 aliphatic heterocycles. The molecule has 6 heteroatoms. The Morgan fingerprint density at radius 3 is 2.47 bits per heavy atom. The minimum Gasteiger partial charge on any atom is -0.496 e. The third-order valence-corrected chi connectivity index (χ3v) is 5.05.